The Kier molecular flexibility index (Phi) is 6.84. The zero-order valence-electron chi connectivity index (χ0n) is 15.7. The Morgan fingerprint density at radius 2 is 1.62 bits per heavy atom. The smallest absolute Gasteiger partial charge is 0.106 e. The lowest BCUT2D eigenvalue weighted by atomic mass is 9.80. The van der Waals surface area contributed by atoms with E-state index in [2.05, 4.69) is 42.6 Å². The number of rotatable bonds is 5. The van der Waals surface area contributed by atoms with Gasteiger partial charge in [0.25, 0.3) is 0 Å². The molecule has 2 aromatic carbocycles. The van der Waals surface area contributed by atoms with E-state index in [9.17, 15) is 0 Å². The van der Waals surface area contributed by atoms with E-state index in [1.54, 1.807) is 5.56 Å². The lowest BCUT2D eigenvalue weighted by Crippen LogP contribution is -2.39. The molecule has 4 N–H and O–H groups in total. The van der Waals surface area contributed by atoms with Crippen LogP contribution in [0.3, 0.4) is 0 Å². The Hall–Kier alpha value is -1.68. The average Bonchev–Trinajstić information content (AvgIpc) is 3.25. The molecule has 0 radical (unpaired) electrons. The van der Waals surface area contributed by atoms with Gasteiger partial charge in [0.1, 0.15) is 6.23 Å². The lowest BCUT2D eigenvalue weighted by molar-refractivity contribution is 0.183. The van der Waals surface area contributed by atoms with Crippen molar-refractivity contribution in [1.82, 2.24) is 5.32 Å². The standard InChI is InChI=1S/C15H21N.C8H11NO/c1-2-16-15-13-9-8-12(10-13)14(15)11-6-4-3-5-7-11;9-8(10)6-7-4-2-1-3-5-7/h3-7,12-16H,2,8-10H2,1H3;1-5,8,10H,6,9H2. The predicted molar refractivity (Wildman–Crippen MR) is 108 cm³/mol. The second kappa shape index (κ2) is 9.31. The number of fused-ring (bicyclic) bond motifs is 2. The van der Waals surface area contributed by atoms with Gasteiger partial charge in [-0.15, -0.1) is 0 Å². The third kappa shape index (κ3) is 4.73. The van der Waals surface area contributed by atoms with Crippen molar-refractivity contribution in [2.45, 2.75) is 50.8 Å². The summed E-state index contributed by atoms with van der Waals surface area (Å²) in [6.07, 6.45) is 4.15. The molecule has 0 spiro atoms. The molecule has 0 heterocycles. The van der Waals surface area contributed by atoms with E-state index in [1.165, 1.54) is 19.3 Å². The minimum Gasteiger partial charge on any atom is -0.378 e. The zero-order valence-corrected chi connectivity index (χ0v) is 15.7. The topological polar surface area (TPSA) is 58.3 Å². The van der Waals surface area contributed by atoms with Gasteiger partial charge in [0.2, 0.25) is 0 Å². The van der Waals surface area contributed by atoms with Crippen LogP contribution in [0.4, 0.5) is 0 Å². The third-order valence-electron chi connectivity index (χ3n) is 5.83. The van der Waals surface area contributed by atoms with Gasteiger partial charge in [-0.25, -0.2) is 0 Å². The third-order valence-corrected chi connectivity index (χ3v) is 5.83. The summed E-state index contributed by atoms with van der Waals surface area (Å²) in [6, 6.07) is 21.5. The van der Waals surface area contributed by atoms with Crippen LogP contribution in [0.5, 0.6) is 0 Å². The van der Waals surface area contributed by atoms with Crippen molar-refractivity contribution in [3.63, 3.8) is 0 Å². The minimum absolute atomic E-state index is 0.529. The highest BCUT2D eigenvalue weighted by molar-refractivity contribution is 5.26. The number of nitrogens with two attached hydrogens (primary N) is 1. The molecular formula is C23H32N2O. The van der Waals surface area contributed by atoms with Crippen LogP contribution < -0.4 is 11.1 Å². The van der Waals surface area contributed by atoms with Gasteiger partial charge in [-0.3, -0.25) is 0 Å². The Balaban J connectivity index is 0.000000170. The summed E-state index contributed by atoms with van der Waals surface area (Å²) >= 11 is 0. The molecule has 0 aliphatic heterocycles. The van der Waals surface area contributed by atoms with Gasteiger partial charge >= 0.3 is 0 Å². The van der Waals surface area contributed by atoms with Gasteiger partial charge in [-0.2, -0.15) is 0 Å². The van der Waals surface area contributed by atoms with Crippen LogP contribution in [0.1, 0.15) is 43.2 Å². The Bertz CT molecular complexity index is 644. The second-order valence-corrected chi connectivity index (χ2v) is 7.61. The first-order valence-corrected chi connectivity index (χ1v) is 9.95. The van der Waals surface area contributed by atoms with Crippen molar-refractivity contribution in [1.29, 1.82) is 0 Å². The number of aliphatic hydroxyl groups excluding tert-OH is 1. The molecule has 2 aliphatic rings. The highest BCUT2D eigenvalue weighted by Gasteiger charge is 2.47. The fourth-order valence-electron chi connectivity index (χ4n) is 4.83. The molecule has 0 amide bonds. The lowest BCUT2D eigenvalue weighted by Gasteiger charge is -2.32. The molecule has 0 aromatic heterocycles. The first kappa shape index (κ1) is 19.1. The van der Waals surface area contributed by atoms with Crippen LogP contribution in [-0.4, -0.2) is 23.9 Å². The van der Waals surface area contributed by atoms with Gasteiger partial charge in [0.15, 0.2) is 0 Å². The summed E-state index contributed by atoms with van der Waals surface area (Å²) in [5.41, 5.74) is 7.80. The number of hydrogen-bond acceptors (Lipinski definition) is 3. The fraction of sp³-hybridized carbons (Fsp3) is 0.478. The highest BCUT2D eigenvalue weighted by atomic mass is 16.3. The van der Waals surface area contributed by atoms with Crippen molar-refractivity contribution in [2.75, 3.05) is 6.54 Å². The number of nitrogens with one attached hydrogen (secondary N) is 1. The van der Waals surface area contributed by atoms with Gasteiger partial charge in [-0.05, 0) is 48.8 Å². The molecule has 5 atom stereocenters. The summed E-state index contributed by atoms with van der Waals surface area (Å²) in [5.74, 6) is 2.66. The van der Waals surface area contributed by atoms with Gasteiger partial charge in [-0.1, -0.05) is 67.6 Å². The van der Waals surface area contributed by atoms with E-state index in [-0.39, 0.29) is 0 Å². The van der Waals surface area contributed by atoms with Crippen molar-refractivity contribution in [3.05, 3.63) is 71.8 Å². The number of aliphatic hydroxyl groups is 1. The van der Waals surface area contributed by atoms with Crippen LogP contribution in [-0.2, 0) is 6.42 Å². The zero-order chi connectivity index (χ0) is 18.4. The van der Waals surface area contributed by atoms with Crippen LogP contribution >= 0.6 is 0 Å². The monoisotopic (exact) mass is 352 g/mol. The average molecular weight is 353 g/mol. The summed E-state index contributed by atoms with van der Waals surface area (Å²) in [7, 11) is 0. The van der Waals surface area contributed by atoms with Crippen LogP contribution in [0, 0.1) is 11.8 Å². The van der Waals surface area contributed by atoms with Crippen molar-refractivity contribution < 1.29 is 5.11 Å². The first-order chi connectivity index (χ1) is 12.7. The van der Waals surface area contributed by atoms with Crippen LogP contribution in [0.15, 0.2) is 60.7 Å². The van der Waals surface area contributed by atoms with Gasteiger partial charge in [0, 0.05) is 18.4 Å². The molecule has 2 aromatic rings. The van der Waals surface area contributed by atoms with Crippen molar-refractivity contribution >= 4 is 0 Å². The molecule has 4 rings (SSSR count). The molecule has 26 heavy (non-hydrogen) atoms. The number of likely N-dealkylation sites (N-methyl/N-ethyl adjacent to an activating group) is 1. The Labute approximate surface area is 157 Å². The molecule has 0 saturated heterocycles. The van der Waals surface area contributed by atoms with E-state index in [4.69, 9.17) is 10.8 Å². The molecule has 3 nitrogen and oxygen atoms in total. The largest absolute Gasteiger partial charge is 0.378 e. The van der Waals surface area contributed by atoms with Crippen molar-refractivity contribution in [3.8, 4) is 0 Å². The van der Waals surface area contributed by atoms with Gasteiger partial charge < -0.3 is 16.2 Å². The molecule has 3 heteroatoms. The second-order valence-electron chi connectivity index (χ2n) is 7.61. The maximum absolute atomic E-state index is 8.78. The van der Waals surface area contributed by atoms with Crippen LogP contribution in [0.25, 0.3) is 0 Å². The van der Waals surface area contributed by atoms with E-state index >= 15 is 0 Å². The van der Waals surface area contributed by atoms with Crippen LogP contribution in [0.2, 0.25) is 0 Å². The predicted octanol–water partition coefficient (Wildman–Crippen LogP) is 3.68. The van der Waals surface area contributed by atoms with E-state index < -0.39 is 6.23 Å². The van der Waals surface area contributed by atoms with E-state index in [0.29, 0.717) is 6.42 Å². The SMILES string of the molecule is CCNC1C2CCC(C2)C1c1ccccc1.NC(O)Cc1ccccc1. The molecule has 2 saturated carbocycles. The van der Waals surface area contributed by atoms with E-state index in [1.807, 2.05) is 30.3 Å². The fourth-order valence-corrected chi connectivity index (χ4v) is 4.83. The van der Waals surface area contributed by atoms with Gasteiger partial charge in [0.05, 0.1) is 0 Å². The molecule has 5 unspecified atom stereocenters. The Morgan fingerprint density at radius 3 is 2.23 bits per heavy atom. The highest BCUT2D eigenvalue weighted by Crippen LogP contribution is 2.52. The summed E-state index contributed by atoms with van der Waals surface area (Å²) in [5, 5.41) is 12.5. The normalized spacial score (nSPS) is 27.7. The molecule has 2 aliphatic carbocycles. The minimum atomic E-state index is -0.734. The maximum atomic E-state index is 8.78. The number of hydrogen-bond donors (Lipinski definition) is 3. The van der Waals surface area contributed by atoms with Crippen molar-refractivity contribution in [2.24, 2.45) is 17.6 Å². The first-order valence-electron chi connectivity index (χ1n) is 9.95. The maximum Gasteiger partial charge on any atom is 0.106 e. The van der Waals surface area contributed by atoms with E-state index in [0.717, 1.165) is 35.9 Å². The number of benzene rings is 2. The summed E-state index contributed by atoms with van der Waals surface area (Å²) in [6.45, 7) is 3.34. The molecular weight excluding hydrogens is 320 g/mol. The quantitative estimate of drug-likeness (QED) is 0.720. The molecule has 2 bridgehead atoms. The molecule has 140 valence electrons. The summed E-state index contributed by atoms with van der Waals surface area (Å²) < 4.78 is 0. The Morgan fingerprint density at radius 1 is 1.00 bits per heavy atom. The summed E-state index contributed by atoms with van der Waals surface area (Å²) in [4.78, 5) is 0. The molecule has 2 fully saturated rings.